The van der Waals surface area contributed by atoms with Gasteiger partial charge in [-0.15, -0.1) is 0 Å². The van der Waals surface area contributed by atoms with Crippen LogP contribution in [0.3, 0.4) is 0 Å². The number of carbonyl (C=O) groups excluding carboxylic acids is 2. The van der Waals surface area contributed by atoms with E-state index in [4.69, 9.17) is 5.11 Å². The van der Waals surface area contributed by atoms with E-state index in [0.717, 1.165) is 12.8 Å². The Labute approximate surface area is 187 Å². The van der Waals surface area contributed by atoms with Gasteiger partial charge in [0.1, 0.15) is 0 Å². The molecule has 0 aliphatic heterocycles. The molecule has 0 spiro atoms. The number of hydrogen-bond acceptors (Lipinski definition) is 3. The van der Waals surface area contributed by atoms with Crippen molar-refractivity contribution in [3.63, 3.8) is 0 Å². The quantitative estimate of drug-likeness (QED) is 0.251. The van der Waals surface area contributed by atoms with E-state index >= 15 is 0 Å². The van der Waals surface area contributed by atoms with Crippen LogP contribution < -0.4 is 10.6 Å². The summed E-state index contributed by atoms with van der Waals surface area (Å²) in [6.45, 7) is 2.57. The van der Waals surface area contributed by atoms with Crippen molar-refractivity contribution >= 4 is 23.5 Å². The zero-order valence-corrected chi connectivity index (χ0v) is 19.1. The van der Waals surface area contributed by atoms with Crippen LogP contribution in [0.1, 0.15) is 107 Å². The number of unbranched alkanes of at least 4 members (excludes halogenated alkanes) is 10. The molecule has 2 amide bonds. The molecule has 0 atom stereocenters. The van der Waals surface area contributed by atoms with E-state index in [1.807, 2.05) is 0 Å². The summed E-state index contributed by atoms with van der Waals surface area (Å²) in [5.41, 5.74) is 1.16. The van der Waals surface area contributed by atoms with Gasteiger partial charge in [-0.1, -0.05) is 71.1 Å². The van der Waals surface area contributed by atoms with Crippen molar-refractivity contribution in [2.24, 2.45) is 0 Å². The molecule has 0 aliphatic rings. The number of hydrogen-bond donors (Lipinski definition) is 3. The Balaban J connectivity index is 2.10. The van der Waals surface area contributed by atoms with Crippen LogP contribution in [0.25, 0.3) is 0 Å². The largest absolute Gasteiger partial charge is 0.481 e. The maximum absolute atomic E-state index is 12.1. The van der Waals surface area contributed by atoms with Crippen LogP contribution in [0.15, 0.2) is 24.3 Å². The lowest BCUT2D eigenvalue weighted by atomic mass is 10.1. The Morgan fingerprint density at radius 3 is 1.84 bits per heavy atom. The molecule has 1 rings (SSSR count). The molecule has 0 radical (unpaired) electrons. The highest BCUT2D eigenvalue weighted by Crippen LogP contribution is 2.13. The van der Waals surface area contributed by atoms with E-state index in [2.05, 4.69) is 17.6 Å². The molecule has 1 aromatic rings. The van der Waals surface area contributed by atoms with Crippen molar-refractivity contribution in [3.05, 3.63) is 29.8 Å². The van der Waals surface area contributed by atoms with Crippen LogP contribution in [-0.2, 0) is 9.59 Å². The highest BCUT2D eigenvalue weighted by molar-refractivity contribution is 5.95. The van der Waals surface area contributed by atoms with Gasteiger partial charge >= 0.3 is 5.97 Å². The summed E-state index contributed by atoms with van der Waals surface area (Å²) in [6.07, 6.45) is 14.8. The van der Waals surface area contributed by atoms with Gasteiger partial charge < -0.3 is 15.7 Å². The molecule has 0 fully saturated rings. The van der Waals surface area contributed by atoms with Crippen LogP contribution in [0.2, 0.25) is 0 Å². The van der Waals surface area contributed by atoms with Crippen LogP contribution in [0.4, 0.5) is 5.69 Å². The second kappa shape index (κ2) is 17.3. The molecular weight excluding hydrogens is 392 g/mol. The van der Waals surface area contributed by atoms with Crippen molar-refractivity contribution in [1.82, 2.24) is 5.32 Å². The van der Waals surface area contributed by atoms with Gasteiger partial charge in [-0.05, 0) is 37.1 Å². The number of rotatable bonds is 18. The first-order valence-electron chi connectivity index (χ1n) is 11.9. The Morgan fingerprint density at radius 2 is 1.29 bits per heavy atom. The summed E-state index contributed by atoms with van der Waals surface area (Å²) >= 11 is 0. The fraction of sp³-hybridized carbons (Fsp3) is 0.640. The number of carboxylic acid groups (broad SMARTS) is 1. The topological polar surface area (TPSA) is 95.5 Å². The third-order valence-corrected chi connectivity index (χ3v) is 5.29. The minimum Gasteiger partial charge on any atom is -0.481 e. The van der Waals surface area contributed by atoms with Crippen LogP contribution >= 0.6 is 0 Å². The minimum atomic E-state index is -0.873. The molecule has 0 bridgehead atoms. The fourth-order valence-corrected chi connectivity index (χ4v) is 3.42. The summed E-state index contributed by atoms with van der Waals surface area (Å²) in [6, 6.07) is 6.74. The number of carboxylic acids is 1. The van der Waals surface area contributed by atoms with Gasteiger partial charge in [0.05, 0.1) is 0 Å². The second-order valence-electron chi connectivity index (χ2n) is 8.16. The molecule has 0 saturated carbocycles. The summed E-state index contributed by atoms with van der Waals surface area (Å²) < 4.78 is 0. The number of carbonyl (C=O) groups is 3. The third kappa shape index (κ3) is 14.3. The van der Waals surface area contributed by atoms with Gasteiger partial charge in [0.25, 0.3) is 5.91 Å². The molecule has 1 aromatic carbocycles. The summed E-state index contributed by atoms with van der Waals surface area (Å²) in [4.78, 5) is 34.6. The van der Waals surface area contributed by atoms with Crippen molar-refractivity contribution in [2.45, 2.75) is 96.8 Å². The van der Waals surface area contributed by atoms with Crippen LogP contribution in [0, 0.1) is 0 Å². The van der Waals surface area contributed by atoms with Gasteiger partial charge in [0.2, 0.25) is 5.91 Å². The first-order valence-corrected chi connectivity index (χ1v) is 11.9. The number of anilines is 1. The number of amides is 2. The first kappa shape index (κ1) is 26.7. The van der Waals surface area contributed by atoms with E-state index in [0.29, 0.717) is 30.6 Å². The van der Waals surface area contributed by atoms with Gasteiger partial charge in [-0.3, -0.25) is 14.4 Å². The SMILES string of the molecule is CCCCCCCCCCCCCC(=O)Nc1ccc(C(=O)NCCCC(=O)O)cc1. The average Bonchev–Trinajstić information content (AvgIpc) is 2.75. The smallest absolute Gasteiger partial charge is 0.303 e. The third-order valence-electron chi connectivity index (χ3n) is 5.29. The predicted molar refractivity (Wildman–Crippen MR) is 125 cm³/mol. The second-order valence-corrected chi connectivity index (χ2v) is 8.16. The molecule has 6 heteroatoms. The molecule has 0 saturated heterocycles. The molecule has 0 aromatic heterocycles. The highest BCUT2D eigenvalue weighted by Gasteiger charge is 2.07. The standard InChI is InChI=1S/C25H40N2O4/c1-2-3-4-5-6-7-8-9-10-11-12-14-23(28)27-22-18-16-21(17-19-22)25(31)26-20-13-15-24(29)30/h16-19H,2-15,20H2,1H3,(H,26,31)(H,27,28)(H,29,30). The van der Waals surface area contributed by atoms with Crippen molar-refractivity contribution in [2.75, 3.05) is 11.9 Å². The molecule has 174 valence electrons. The lowest BCUT2D eigenvalue weighted by molar-refractivity contribution is -0.137. The van der Waals surface area contributed by atoms with E-state index < -0.39 is 5.97 Å². The van der Waals surface area contributed by atoms with Crippen molar-refractivity contribution in [3.8, 4) is 0 Å². The van der Waals surface area contributed by atoms with Crippen molar-refractivity contribution in [1.29, 1.82) is 0 Å². The summed E-state index contributed by atoms with van der Waals surface area (Å²) in [7, 11) is 0. The van der Waals surface area contributed by atoms with Gasteiger partial charge in [-0.2, -0.15) is 0 Å². The van der Waals surface area contributed by atoms with Crippen LogP contribution in [0.5, 0.6) is 0 Å². The molecule has 0 aliphatic carbocycles. The van der Waals surface area contributed by atoms with E-state index in [1.54, 1.807) is 24.3 Å². The molecule has 3 N–H and O–H groups in total. The molecule has 0 heterocycles. The number of aliphatic carboxylic acids is 1. The minimum absolute atomic E-state index is 0.00166. The number of benzene rings is 1. The normalized spacial score (nSPS) is 10.6. The summed E-state index contributed by atoms with van der Waals surface area (Å²) in [5, 5.41) is 14.2. The number of nitrogens with one attached hydrogen (secondary N) is 2. The van der Waals surface area contributed by atoms with E-state index in [-0.39, 0.29) is 18.2 Å². The lowest BCUT2D eigenvalue weighted by Crippen LogP contribution is -2.24. The van der Waals surface area contributed by atoms with Crippen LogP contribution in [-0.4, -0.2) is 29.4 Å². The van der Waals surface area contributed by atoms with Gasteiger partial charge in [-0.25, -0.2) is 0 Å². The maximum Gasteiger partial charge on any atom is 0.303 e. The van der Waals surface area contributed by atoms with E-state index in [1.165, 1.54) is 57.8 Å². The van der Waals surface area contributed by atoms with Gasteiger partial charge in [0, 0.05) is 30.6 Å². The highest BCUT2D eigenvalue weighted by atomic mass is 16.4. The Morgan fingerprint density at radius 1 is 0.742 bits per heavy atom. The lowest BCUT2D eigenvalue weighted by Gasteiger charge is -2.07. The predicted octanol–water partition coefficient (Wildman–Crippen LogP) is 5.92. The average molecular weight is 433 g/mol. The zero-order valence-electron chi connectivity index (χ0n) is 19.1. The Hall–Kier alpha value is -2.37. The fourth-order valence-electron chi connectivity index (χ4n) is 3.42. The molecule has 6 nitrogen and oxygen atoms in total. The first-order chi connectivity index (χ1) is 15.0. The molecule has 0 unspecified atom stereocenters. The van der Waals surface area contributed by atoms with Gasteiger partial charge in [0.15, 0.2) is 0 Å². The maximum atomic E-state index is 12.1. The molecule has 31 heavy (non-hydrogen) atoms. The van der Waals surface area contributed by atoms with Crippen molar-refractivity contribution < 1.29 is 19.5 Å². The zero-order chi connectivity index (χ0) is 22.7. The molecular formula is C25H40N2O4. The van der Waals surface area contributed by atoms with E-state index in [9.17, 15) is 14.4 Å². The Kier molecular flexibility index (Phi) is 14.9. The monoisotopic (exact) mass is 432 g/mol. The Bertz CT molecular complexity index is 643. The summed E-state index contributed by atoms with van der Waals surface area (Å²) in [5.74, 6) is -1.12.